The van der Waals surface area contributed by atoms with Crippen molar-refractivity contribution in [2.24, 2.45) is 0 Å². The molecule has 0 aliphatic rings. The number of amides is 2. The molecule has 0 fully saturated rings. The van der Waals surface area contributed by atoms with Crippen molar-refractivity contribution >= 4 is 40.8 Å². The van der Waals surface area contributed by atoms with Gasteiger partial charge in [0.25, 0.3) is 0 Å². The van der Waals surface area contributed by atoms with E-state index in [1.807, 2.05) is 0 Å². The SMILES string of the molecule is CCOC(=O)c1ccc(NC(=O)Cn2nnc(-c3ccc(NC(C)=O)c(Cl)c3)n2)cc1. The van der Waals surface area contributed by atoms with Gasteiger partial charge >= 0.3 is 5.97 Å². The Hall–Kier alpha value is -3.79. The molecule has 0 aliphatic carbocycles. The number of hydrogen-bond donors (Lipinski definition) is 2. The molecule has 3 rings (SSSR count). The van der Waals surface area contributed by atoms with Crippen LogP contribution in [0.25, 0.3) is 11.4 Å². The summed E-state index contributed by atoms with van der Waals surface area (Å²) in [7, 11) is 0. The van der Waals surface area contributed by atoms with Gasteiger partial charge in [0.05, 0.1) is 22.9 Å². The number of carbonyl (C=O) groups excluding carboxylic acids is 3. The summed E-state index contributed by atoms with van der Waals surface area (Å²) in [6.07, 6.45) is 0. The van der Waals surface area contributed by atoms with Crippen molar-refractivity contribution in [2.45, 2.75) is 20.4 Å². The summed E-state index contributed by atoms with van der Waals surface area (Å²) in [6, 6.07) is 11.2. The van der Waals surface area contributed by atoms with Gasteiger partial charge in [0.2, 0.25) is 17.6 Å². The number of rotatable bonds is 7. The van der Waals surface area contributed by atoms with Gasteiger partial charge in [0.1, 0.15) is 6.54 Å². The Bertz CT molecular complexity index is 1110. The maximum atomic E-state index is 12.3. The molecule has 0 bridgehead atoms. The third kappa shape index (κ3) is 5.86. The van der Waals surface area contributed by atoms with Crippen LogP contribution >= 0.6 is 11.6 Å². The molecule has 2 aromatic carbocycles. The van der Waals surface area contributed by atoms with Crippen LogP contribution in [0.4, 0.5) is 11.4 Å². The number of ether oxygens (including phenoxy) is 1. The van der Waals surface area contributed by atoms with Crippen LogP contribution in [0.1, 0.15) is 24.2 Å². The first kappa shape index (κ1) is 21.9. The molecule has 0 saturated carbocycles. The van der Waals surface area contributed by atoms with Crippen molar-refractivity contribution in [3.63, 3.8) is 0 Å². The van der Waals surface area contributed by atoms with Crippen molar-refractivity contribution in [2.75, 3.05) is 17.2 Å². The second-order valence-corrected chi connectivity index (χ2v) is 6.77. The number of tetrazole rings is 1. The second-order valence-electron chi connectivity index (χ2n) is 6.37. The van der Waals surface area contributed by atoms with E-state index < -0.39 is 5.97 Å². The molecular formula is C20H19ClN6O4. The van der Waals surface area contributed by atoms with Gasteiger partial charge in [0.15, 0.2) is 0 Å². The highest BCUT2D eigenvalue weighted by atomic mass is 35.5. The molecule has 0 atom stereocenters. The third-order valence-corrected chi connectivity index (χ3v) is 4.27. The van der Waals surface area contributed by atoms with Crippen LogP contribution in [0.15, 0.2) is 42.5 Å². The van der Waals surface area contributed by atoms with E-state index in [1.54, 1.807) is 49.4 Å². The lowest BCUT2D eigenvalue weighted by molar-refractivity contribution is -0.117. The Morgan fingerprint density at radius 2 is 1.84 bits per heavy atom. The standard InChI is InChI=1S/C20H19ClN6O4/c1-3-31-20(30)13-4-7-15(8-5-13)23-18(29)11-27-25-19(24-26-27)14-6-9-17(16(21)10-14)22-12(2)28/h4-10H,3,11H2,1-2H3,(H,22,28)(H,23,29). The summed E-state index contributed by atoms with van der Waals surface area (Å²) >= 11 is 6.16. The van der Waals surface area contributed by atoms with E-state index in [2.05, 4.69) is 26.0 Å². The molecule has 0 aliphatic heterocycles. The minimum absolute atomic E-state index is 0.162. The Morgan fingerprint density at radius 1 is 1.10 bits per heavy atom. The first-order valence-corrected chi connectivity index (χ1v) is 9.66. The van der Waals surface area contributed by atoms with Gasteiger partial charge in [0, 0.05) is 18.2 Å². The van der Waals surface area contributed by atoms with Crippen molar-refractivity contribution in [1.82, 2.24) is 20.2 Å². The molecular weight excluding hydrogens is 424 g/mol. The Labute approximate surface area is 182 Å². The number of carbonyl (C=O) groups is 3. The van der Waals surface area contributed by atoms with Gasteiger partial charge in [-0.05, 0) is 54.6 Å². The lowest BCUT2D eigenvalue weighted by atomic mass is 10.2. The van der Waals surface area contributed by atoms with E-state index in [0.717, 1.165) is 4.80 Å². The number of halogens is 1. The summed E-state index contributed by atoms with van der Waals surface area (Å²) in [4.78, 5) is 36.2. The van der Waals surface area contributed by atoms with Crippen LogP contribution in [0.5, 0.6) is 0 Å². The maximum absolute atomic E-state index is 12.3. The monoisotopic (exact) mass is 442 g/mol. The van der Waals surface area contributed by atoms with Crippen molar-refractivity contribution < 1.29 is 19.1 Å². The van der Waals surface area contributed by atoms with Crippen LogP contribution in [-0.2, 0) is 20.9 Å². The van der Waals surface area contributed by atoms with Crippen LogP contribution in [0, 0.1) is 0 Å². The second kappa shape index (κ2) is 9.81. The fourth-order valence-corrected chi connectivity index (χ4v) is 2.83. The van der Waals surface area contributed by atoms with Crippen LogP contribution in [0.2, 0.25) is 5.02 Å². The number of nitrogens with zero attached hydrogens (tertiary/aromatic N) is 4. The lowest BCUT2D eigenvalue weighted by Crippen LogP contribution is -2.20. The Balaban J connectivity index is 1.62. The summed E-state index contributed by atoms with van der Waals surface area (Å²) in [5.74, 6) is -0.750. The summed E-state index contributed by atoms with van der Waals surface area (Å²) in [5.41, 5.74) is 1.96. The zero-order valence-electron chi connectivity index (χ0n) is 16.8. The number of anilines is 2. The molecule has 2 amide bonds. The van der Waals surface area contributed by atoms with Crippen molar-refractivity contribution in [3.8, 4) is 11.4 Å². The summed E-state index contributed by atoms with van der Waals surface area (Å²) < 4.78 is 4.92. The molecule has 1 aromatic heterocycles. The molecule has 1 heterocycles. The first-order chi connectivity index (χ1) is 14.9. The minimum Gasteiger partial charge on any atom is -0.462 e. The van der Waals surface area contributed by atoms with Crippen LogP contribution in [-0.4, -0.2) is 44.6 Å². The van der Waals surface area contributed by atoms with E-state index >= 15 is 0 Å². The van der Waals surface area contributed by atoms with E-state index in [0.29, 0.717) is 27.5 Å². The van der Waals surface area contributed by atoms with E-state index in [-0.39, 0.29) is 30.8 Å². The zero-order chi connectivity index (χ0) is 22.4. The lowest BCUT2D eigenvalue weighted by Gasteiger charge is -2.06. The molecule has 0 radical (unpaired) electrons. The molecule has 160 valence electrons. The predicted octanol–water partition coefficient (Wildman–Crippen LogP) is 2.77. The Kier molecular flexibility index (Phi) is 6.93. The summed E-state index contributed by atoms with van der Waals surface area (Å²) in [5, 5.41) is 17.6. The molecule has 31 heavy (non-hydrogen) atoms. The van der Waals surface area contributed by atoms with Gasteiger partial charge in [-0.2, -0.15) is 4.80 Å². The zero-order valence-corrected chi connectivity index (χ0v) is 17.5. The van der Waals surface area contributed by atoms with Gasteiger partial charge in [-0.15, -0.1) is 10.2 Å². The smallest absolute Gasteiger partial charge is 0.338 e. The van der Waals surface area contributed by atoms with Crippen LogP contribution < -0.4 is 10.6 Å². The number of esters is 1. The highest BCUT2D eigenvalue weighted by Gasteiger charge is 2.12. The minimum atomic E-state index is -0.426. The van der Waals surface area contributed by atoms with Crippen LogP contribution in [0.3, 0.4) is 0 Å². The van der Waals surface area contributed by atoms with E-state index in [9.17, 15) is 14.4 Å². The number of hydrogen-bond acceptors (Lipinski definition) is 7. The highest BCUT2D eigenvalue weighted by molar-refractivity contribution is 6.34. The first-order valence-electron chi connectivity index (χ1n) is 9.28. The average molecular weight is 443 g/mol. The molecule has 3 aromatic rings. The van der Waals surface area contributed by atoms with E-state index in [4.69, 9.17) is 16.3 Å². The fraction of sp³-hybridized carbons (Fsp3) is 0.200. The topological polar surface area (TPSA) is 128 Å². The quantitative estimate of drug-likeness (QED) is 0.538. The number of benzene rings is 2. The molecule has 0 saturated heterocycles. The molecule has 0 spiro atoms. The number of aromatic nitrogens is 4. The normalized spacial score (nSPS) is 10.4. The van der Waals surface area contributed by atoms with Gasteiger partial charge in [-0.3, -0.25) is 9.59 Å². The van der Waals surface area contributed by atoms with E-state index in [1.165, 1.54) is 6.92 Å². The molecule has 10 nitrogen and oxygen atoms in total. The van der Waals surface area contributed by atoms with Crippen molar-refractivity contribution in [3.05, 3.63) is 53.1 Å². The fourth-order valence-electron chi connectivity index (χ4n) is 2.60. The average Bonchev–Trinajstić information content (AvgIpc) is 3.18. The van der Waals surface area contributed by atoms with Gasteiger partial charge in [-0.1, -0.05) is 11.6 Å². The molecule has 11 heteroatoms. The van der Waals surface area contributed by atoms with Gasteiger partial charge < -0.3 is 15.4 Å². The third-order valence-electron chi connectivity index (χ3n) is 3.96. The Morgan fingerprint density at radius 3 is 2.48 bits per heavy atom. The largest absolute Gasteiger partial charge is 0.462 e. The van der Waals surface area contributed by atoms with Crippen molar-refractivity contribution in [1.29, 1.82) is 0 Å². The molecule has 2 N–H and O–H groups in total. The van der Waals surface area contributed by atoms with Gasteiger partial charge in [-0.25, -0.2) is 4.79 Å². The maximum Gasteiger partial charge on any atom is 0.338 e. The highest BCUT2D eigenvalue weighted by Crippen LogP contribution is 2.26. The summed E-state index contributed by atoms with van der Waals surface area (Å²) in [6.45, 7) is 3.24. The molecule has 0 unspecified atom stereocenters. The predicted molar refractivity (Wildman–Crippen MR) is 114 cm³/mol. The number of nitrogens with one attached hydrogen (secondary N) is 2.